The lowest BCUT2D eigenvalue weighted by Gasteiger charge is -2.37. The van der Waals surface area contributed by atoms with Crippen molar-refractivity contribution < 1.29 is 27.1 Å². The fourth-order valence-corrected chi connectivity index (χ4v) is 5.21. The Morgan fingerprint density at radius 3 is 2.33 bits per heavy atom. The lowest BCUT2D eigenvalue weighted by atomic mass is 9.86. The molecule has 36 heavy (non-hydrogen) atoms. The number of pyridine rings is 1. The van der Waals surface area contributed by atoms with Gasteiger partial charge in [0.1, 0.15) is 17.2 Å². The van der Waals surface area contributed by atoms with Crippen LogP contribution in [0, 0.1) is 5.82 Å². The van der Waals surface area contributed by atoms with Crippen LogP contribution in [-0.4, -0.2) is 38.2 Å². The summed E-state index contributed by atoms with van der Waals surface area (Å²) in [5, 5.41) is 0.0510. The van der Waals surface area contributed by atoms with E-state index in [0.717, 1.165) is 11.1 Å². The van der Waals surface area contributed by atoms with Crippen molar-refractivity contribution in [3.8, 4) is 5.88 Å². The Morgan fingerprint density at radius 2 is 1.72 bits per heavy atom. The number of nitrogens with zero attached hydrogens (tertiary/aromatic N) is 1. The minimum absolute atomic E-state index is 0.0193. The molecule has 6 nitrogen and oxygen atoms in total. The first-order chi connectivity index (χ1) is 17.2. The Kier molecular flexibility index (Phi) is 8.07. The molecule has 1 aliphatic heterocycles. The van der Waals surface area contributed by atoms with E-state index in [1.165, 1.54) is 24.3 Å². The highest BCUT2D eigenvalue weighted by Crippen LogP contribution is 2.37. The fraction of sp³-hybridized carbons (Fsp3) is 0.333. The summed E-state index contributed by atoms with van der Waals surface area (Å²) in [6.07, 6.45) is 3.04. The Hall–Kier alpha value is -2.81. The van der Waals surface area contributed by atoms with Gasteiger partial charge in [0.15, 0.2) is 9.84 Å². The van der Waals surface area contributed by atoms with Crippen LogP contribution in [0.1, 0.15) is 36.5 Å². The average Bonchev–Trinajstić information content (AvgIpc) is 2.87. The van der Waals surface area contributed by atoms with Crippen LogP contribution in [0.25, 0.3) is 0 Å². The van der Waals surface area contributed by atoms with Gasteiger partial charge in [0.05, 0.1) is 28.9 Å². The van der Waals surface area contributed by atoms with Crippen LogP contribution >= 0.6 is 11.6 Å². The molecule has 0 unspecified atom stereocenters. The van der Waals surface area contributed by atoms with Crippen molar-refractivity contribution in [2.24, 2.45) is 0 Å². The number of carbonyl (C=O) groups excluding carboxylic acids is 1. The number of hydrogen-bond acceptors (Lipinski definition) is 6. The normalized spacial score (nSPS) is 15.4. The lowest BCUT2D eigenvalue weighted by Crippen LogP contribution is -2.39. The smallest absolute Gasteiger partial charge is 0.214 e. The summed E-state index contributed by atoms with van der Waals surface area (Å²) in [5.74, 6) is -0.124. The van der Waals surface area contributed by atoms with E-state index in [1.807, 2.05) is 0 Å². The molecule has 1 aliphatic rings. The highest BCUT2D eigenvalue weighted by molar-refractivity contribution is 7.91. The summed E-state index contributed by atoms with van der Waals surface area (Å²) >= 11 is 5.86. The first-order valence-electron chi connectivity index (χ1n) is 11.7. The van der Waals surface area contributed by atoms with Crippen molar-refractivity contribution in [2.45, 2.75) is 43.1 Å². The highest BCUT2D eigenvalue weighted by atomic mass is 35.5. The van der Waals surface area contributed by atoms with Crippen molar-refractivity contribution in [3.05, 3.63) is 88.3 Å². The second-order valence-electron chi connectivity index (χ2n) is 8.78. The van der Waals surface area contributed by atoms with Gasteiger partial charge in [0.2, 0.25) is 5.88 Å². The van der Waals surface area contributed by atoms with Crippen LogP contribution in [0.5, 0.6) is 5.88 Å². The number of sulfone groups is 1. The fourth-order valence-electron chi connectivity index (χ4n) is 4.21. The van der Waals surface area contributed by atoms with Gasteiger partial charge in [0, 0.05) is 37.9 Å². The van der Waals surface area contributed by atoms with E-state index in [1.54, 1.807) is 43.5 Å². The van der Waals surface area contributed by atoms with E-state index in [-0.39, 0.29) is 34.3 Å². The van der Waals surface area contributed by atoms with Crippen molar-refractivity contribution in [1.82, 2.24) is 4.98 Å². The molecule has 3 aromatic rings. The summed E-state index contributed by atoms with van der Waals surface area (Å²) in [5.41, 5.74) is 1.37. The van der Waals surface area contributed by atoms with Crippen LogP contribution in [0.3, 0.4) is 0 Å². The van der Waals surface area contributed by atoms with Crippen LogP contribution in [0.4, 0.5) is 4.39 Å². The SMILES string of the molecule is CCS(=O)(=O)c1ccc(CC(=O)Cc2ccc(OC3(c4ccc(Cl)c(F)c4)CCOCC3)nc2)cc1. The van der Waals surface area contributed by atoms with Crippen LogP contribution in [-0.2, 0) is 37.8 Å². The largest absolute Gasteiger partial charge is 0.466 e. The number of ether oxygens (including phenoxy) is 2. The van der Waals surface area contributed by atoms with Crippen LogP contribution < -0.4 is 4.74 Å². The first kappa shape index (κ1) is 26.3. The monoisotopic (exact) mass is 531 g/mol. The van der Waals surface area contributed by atoms with Crippen LogP contribution in [0.2, 0.25) is 5.02 Å². The van der Waals surface area contributed by atoms with E-state index in [0.29, 0.717) is 37.5 Å². The molecule has 0 saturated carbocycles. The van der Waals surface area contributed by atoms with Crippen molar-refractivity contribution in [1.29, 1.82) is 0 Å². The molecule has 190 valence electrons. The Balaban J connectivity index is 1.42. The maximum atomic E-state index is 14.2. The molecular formula is C27H27ClFNO5S. The third kappa shape index (κ3) is 6.11. The summed E-state index contributed by atoms with van der Waals surface area (Å²) in [6.45, 7) is 2.54. The third-order valence-electron chi connectivity index (χ3n) is 6.31. The number of hydrogen-bond donors (Lipinski definition) is 0. The van der Waals surface area contributed by atoms with Crippen LogP contribution in [0.15, 0.2) is 65.7 Å². The van der Waals surface area contributed by atoms with Gasteiger partial charge in [-0.05, 0) is 41.0 Å². The molecule has 0 spiro atoms. The first-order valence-corrected chi connectivity index (χ1v) is 13.7. The van der Waals surface area contributed by atoms with E-state index < -0.39 is 21.3 Å². The summed E-state index contributed by atoms with van der Waals surface area (Å²) in [7, 11) is -3.27. The second kappa shape index (κ2) is 11.1. The predicted octanol–water partition coefficient (Wildman–Crippen LogP) is 5.11. The maximum absolute atomic E-state index is 14.2. The quantitative estimate of drug-likeness (QED) is 0.382. The molecule has 1 fully saturated rings. The van der Waals surface area contributed by atoms with Gasteiger partial charge in [-0.25, -0.2) is 17.8 Å². The molecule has 0 aliphatic carbocycles. The second-order valence-corrected chi connectivity index (χ2v) is 11.5. The minimum Gasteiger partial charge on any atom is -0.466 e. The standard InChI is InChI=1S/C27H27ClFNO5S/c1-2-36(32,33)23-7-3-19(4-8-23)15-22(31)16-20-5-10-26(30-18-20)35-27(11-13-34-14-12-27)21-6-9-24(28)25(29)17-21/h3-10,17-18H,2,11-16H2,1H3. The zero-order valence-corrected chi connectivity index (χ0v) is 21.4. The molecule has 4 rings (SSSR count). The minimum atomic E-state index is -3.27. The van der Waals surface area contributed by atoms with Gasteiger partial charge < -0.3 is 9.47 Å². The number of Topliss-reactive ketones (excluding diaryl/α,β-unsaturated/α-hetero) is 1. The van der Waals surface area contributed by atoms with E-state index in [4.69, 9.17) is 21.1 Å². The number of benzene rings is 2. The third-order valence-corrected chi connectivity index (χ3v) is 8.37. The number of ketones is 1. The van der Waals surface area contributed by atoms with Gasteiger partial charge in [0.25, 0.3) is 0 Å². The van der Waals surface area contributed by atoms with Gasteiger partial charge in [-0.15, -0.1) is 0 Å². The highest BCUT2D eigenvalue weighted by Gasteiger charge is 2.38. The van der Waals surface area contributed by atoms with Gasteiger partial charge in [-0.1, -0.05) is 42.8 Å². The Morgan fingerprint density at radius 1 is 1.06 bits per heavy atom. The van der Waals surface area contributed by atoms with Crippen molar-refractivity contribution in [3.63, 3.8) is 0 Å². The topological polar surface area (TPSA) is 82.6 Å². The number of halogens is 2. The molecule has 0 N–H and O–H groups in total. The number of carbonyl (C=O) groups is 1. The zero-order valence-electron chi connectivity index (χ0n) is 19.9. The molecule has 1 aromatic heterocycles. The van der Waals surface area contributed by atoms with Gasteiger partial charge >= 0.3 is 0 Å². The predicted molar refractivity (Wildman–Crippen MR) is 135 cm³/mol. The molecule has 2 aromatic carbocycles. The van der Waals surface area contributed by atoms with E-state index >= 15 is 0 Å². The molecule has 9 heteroatoms. The number of aromatic nitrogens is 1. The average molecular weight is 532 g/mol. The zero-order chi connectivity index (χ0) is 25.8. The molecular weight excluding hydrogens is 505 g/mol. The van der Waals surface area contributed by atoms with E-state index in [9.17, 15) is 17.6 Å². The maximum Gasteiger partial charge on any atom is 0.214 e. The summed E-state index contributed by atoms with van der Waals surface area (Å²) < 4.78 is 49.8. The lowest BCUT2D eigenvalue weighted by molar-refractivity contribution is -0.117. The summed E-state index contributed by atoms with van der Waals surface area (Å²) in [4.78, 5) is 17.2. The molecule has 1 saturated heterocycles. The summed E-state index contributed by atoms with van der Waals surface area (Å²) in [6, 6.07) is 14.6. The van der Waals surface area contributed by atoms with Gasteiger partial charge in [-0.2, -0.15) is 0 Å². The Labute approximate surface area is 215 Å². The van der Waals surface area contributed by atoms with Crippen molar-refractivity contribution >= 4 is 27.2 Å². The number of rotatable bonds is 9. The molecule has 2 heterocycles. The van der Waals surface area contributed by atoms with Gasteiger partial charge in [-0.3, -0.25) is 4.79 Å². The molecule has 0 radical (unpaired) electrons. The van der Waals surface area contributed by atoms with E-state index in [2.05, 4.69) is 4.98 Å². The molecule has 0 bridgehead atoms. The van der Waals surface area contributed by atoms with Crippen molar-refractivity contribution in [2.75, 3.05) is 19.0 Å². The molecule has 0 atom stereocenters. The molecule has 0 amide bonds. The Bertz CT molecular complexity index is 1320.